The Morgan fingerprint density at radius 3 is 2.71 bits per heavy atom. The molecule has 0 amide bonds. The largest absolute Gasteiger partial charge is 0.358 e. The number of hydrogen-bond donors (Lipinski definition) is 1. The molecule has 0 radical (unpaired) electrons. The van der Waals surface area contributed by atoms with E-state index in [0.29, 0.717) is 0 Å². The van der Waals surface area contributed by atoms with Crippen LogP contribution in [0.25, 0.3) is 0 Å². The Morgan fingerprint density at radius 2 is 2.29 bits per heavy atom. The molecule has 0 fully saturated rings. The van der Waals surface area contributed by atoms with Gasteiger partial charge in [-0.3, -0.25) is 0 Å². The highest BCUT2D eigenvalue weighted by atomic mass is 32.3. The molecule has 1 N–H and O–H groups in total. The van der Waals surface area contributed by atoms with E-state index < -0.39 is 20.9 Å². The van der Waals surface area contributed by atoms with E-state index in [-0.39, 0.29) is 17.9 Å². The van der Waals surface area contributed by atoms with Crippen molar-refractivity contribution < 1.29 is 17.2 Å². The molecule has 14 heavy (non-hydrogen) atoms. The van der Waals surface area contributed by atoms with E-state index in [4.69, 9.17) is 0 Å². The molecule has 0 saturated carbocycles. The summed E-state index contributed by atoms with van der Waals surface area (Å²) in [7, 11) is -4.56. The van der Waals surface area contributed by atoms with E-state index in [1.807, 2.05) is 0 Å². The Kier molecular flexibility index (Phi) is 2.79. The fraction of sp³-hybridized carbons (Fsp3) is 0.400. The number of nitrogens with zero attached hydrogens (tertiary/aromatic N) is 2. The zero-order valence-corrected chi connectivity index (χ0v) is 7.62. The summed E-state index contributed by atoms with van der Waals surface area (Å²) in [5.74, 6) is -1.08. The van der Waals surface area contributed by atoms with Crippen molar-refractivity contribution in [1.82, 2.24) is 10.2 Å². The SMILES string of the molecule is O=[N+]([O-])c1cc(CCS(=O)(=O)F)n[nH]1. The summed E-state index contributed by atoms with van der Waals surface area (Å²) in [6, 6.07) is 1.06. The fourth-order valence-electron chi connectivity index (χ4n) is 0.800. The van der Waals surface area contributed by atoms with Crippen LogP contribution in [0.4, 0.5) is 9.70 Å². The Balaban J connectivity index is 2.65. The summed E-state index contributed by atoms with van der Waals surface area (Å²) in [6.45, 7) is 0. The highest BCUT2D eigenvalue weighted by molar-refractivity contribution is 7.86. The van der Waals surface area contributed by atoms with Crippen LogP contribution in [0.2, 0.25) is 0 Å². The number of aromatic amines is 1. The summed E-state index contributed by atoms with van der Waals surface area (Å²) in [5, 5.41) is 15.7. The predicted octanol–water partition coefficient (Wildman–Crippen LogP) is 0.160. The Bertz CT molecular complexity index is 440. The highest BCUT2D eigenvalue weighted by Crippen LogP contribution is 2.09. The predicted molar refractivity (Wildman–Crippen MR) is 43.8 cm³/mol. The molecule has 1 aromatic rings. The lowest BCUT2D eigenvalue weighted by Gasteiger charge is -1.88. The van der Waals surface area contributed by atoms with Gasteiger partial charge in [-0.25, -0.2) is 0 Å². The Hall–Kier alpha value is -1.51. The van der Waals surface area contributed by atoms with Gasteiger partial charge in [0.2, 0.25) is 0 Å². The summed E-state index contributed by atoms with van der Waals surface area (Å²) in [4.78, 5) is 9.45. The number of hydrogen-bond acceptors (Lipinski definition) is 5. The Morgan fingerprint density at radius 1 is 1.64 bits per heavy atom. The zero-order chi connectivity index (χ0) is 10.8. The second-order valence-electron chi connectivity index (χ2n) is 2.49. The van der Waals surface area contributed by atoms with Crippen LogP contribution in [-0.2, 0) is 16.6 Å². The Labute approximate surface area is 78.3 Å². The second-order valence-corrected chi connectivity index (χ2v) is 3.98. The van der Waals surface area contributed by atoms with Crippen LogP contribution in [-0.4, -0.2) is 29.3 Å². The van der Waals surface area contributed by atoms with Gasteiger partial charge >= 0.3 is 16.0 Å². The van der Waals surface area contributed by atoms with Crippen molar-refractivity contribution in [3.63, 3.8) is 0 Å². The summed E-state index contributed by atoms with van der Waals surface area (Å²) in [6.07, 6.45) is -0.191. The molecule has 1 heterocycles. The van der Waals surface area contributed by atoms with Gasteiger partial charge in [0.15, 0.2) is 0 Å². The first-order valence-electron chi connectivity index (χ1n) is 3.49. The van der Waals surface area contributed by atoms with Crippen LogP contribution in [0.1, 0.15) is 5.69 Å². The maximum Gasteiger partial charge on any atom is 0.342 e. The quantitative estimate of drug-likeness (QED) is 0.444. The summed E-state index contributed by atoms with van der Waals surface area (Å²) in [5.41, 5.74) is 0.137. The van der Waals surface area contributed by atoms with Crippen molar-refractivity contribution in [2.75, 3.05) is 5.75 Å². The van der Waals surface area contributed by atoms with Gasteiger partial charge in [-0.05, 0) is 4.92 Å². The average Bonchev–Trinajstić information content (AvgIpc) is 2.47. The van der Waals surface area contributed by atoms with E-state index in [9.17, 15) is 22.4 Å². The smallest absolute Gasteiger partial charge is 0.342 e. The third kappa shape index (κ3) is 3.09. The van der Waals surface area contributed by atoms with Gasteiger partial charge in [-0.2, -0.15) is 8.42 Å². The minimum atomic E-state index is -4.56. The van der Waals surface area contributed by atoms with Crippen molar-refractivity contribution in [2.24, 2.45) is 0 Å². The average molecular weight is 223 g/mol. The maximum atomic E-state index is 12.0. The van der Waals surface area contributed by atoms with Crippen molar-refractivity contribution in [1.29, 1.82) is 0 Å². The molecule has 0 atom stereocenters. The molecule has 0 aliphatic carbocycles. The van der Waals surface area contributed by atoms with Gasteiger partial charge in [-0.15, -0.1) is 8.98 Å². The standard InChI is InChI=1S/C5H6FN3O4S/c6-14(12,13)2-1-4-3-5(8-7-4)9(10)11/h3H,1-2H2,(H,7,8). The lowest BCUT2D eigenvalue weighted by molar-refractivity contribution is -0.389. The molecular formula is C5H6FN3O4S. The monoisotopic (exact) mass is 223 g/mol. The van der Waals surface area contributed by atoms with Crippen molar-refractivity contribution in [3.8, 4) is 0 Å². The normalized spacial score (nSPS) is 11.5. The van der Waals surface area contributed by atoms with E-state index in [2.05, 4.69) is 10.2 Å². The maximum absolute atomic E-state index is 12.0. The zero-order valence-electron chi connectivity index (χ0n) is 6.81. The third-order valence-electron chi connectivity index (χ3n) is 1.42. The topological polar surface area (TPSA) is 106 Å². The summed E-state index contributed by atoms with van der Waals surface area (Å²) < 4.78 is 32.3. The molecule has 7 nitrogen and oxygen atoms in total. The van der Waals surface area contributed by atoms with Gasteiger partial charge in [0, 0.05) is 6.42 Å². The van der Waals surface area contributed by atoms with Crippen molar-refractivity contribution in [3.05, 3.63) is 21.9 Å². The number of nitrogens with one attached hydrogen (secondary N) is 1. The van der Waals surface area contributed by atoms with Crippen LogP contribution < -0.4 is 0 Å². The molecule has 0 unspecified atom stereocenters. The minimum absolute atomic E-state index is 0.137. The molecule has 0 aliphatic heterocycles. The lowest BCUT2D eigenvalue weighted by Crippen LogP contribution is -2.02. The fourth-order valence-corrected chi connectivity index (χ4v) is 1.25. The van der Waals surface area contributed by atoms with E-state index in [1.54, 1.807) is 0 Å². The number of aromatic nitrogens is 2. The van der Waals surface area contributed by atoms with Crippen molar-refractivity contribution in [2.45, 2.75) is 6.42 Å². The highest BCUT2D eigenvalue weighted by Gasteiger charge is 2.13. The van der Waals surface area contributed by atoms with Gasteiger partial charge < -0.3 is 10.1 Å². The lowest BCUT2D eigenvalue weighted by atomic mass is 10.3. The second kappa shape index (κ2) is 3.70. The molecule has 1 rings (SSSR count). The molecule has 9 heteroatoms. The molecular weight excluding hydrogens is 217 g/mol. The molecule has 78 valence electrons. The van der Waals surface area contributed by atoms with E-state index in [0.717, 1.165) is 6.07 Å². The minimum Gasteiger partial charge on any atom is -0.358 e. The van der Waals surface area contributed by atoms with Crippen LogP contribution in [0, 0.1) is 10.1 Å². The van der Waals surface area contributed by atoms with E-state index in [1.165, 1.54) is 0 Å². The van der Waals surface area contributed by atoms with Crippen LogP contribution in [0.5, 0.6) is 0 Å². The molecule has 0 saturated heterocycles. The first-order chi connectivity index (χ1) is 6.38. The number of H-pyrrole nitrogens is 1. The first kappa shape index (κ1) is 10.6. The first-order valence-corrected chi connectivity index (χ1v) is 5.05. The van der Waals surface area contributed by atoms with E-state index >= 15 is 0 Å². The third-order valence-corrected chi connectivity index (χ3v) is 2.11. The van der Waals surface area contributed by atoms with Gasteiger partial charge in [0.25, 0.3) is 0 Å². The number of halogens is 1. The van der Waals surface area contributed by atoms with Crippen LogP contribution >= 0.6 is 0 Å². The number of aryl methyl sites for hydroxylation is 1. The van der Waals surface area contributed by atoms with Gasteiger partial charge in [0.05, 0.1) is 17.5 Å². The number of rotatable bonds is 4. The van der Waals surface area contributed by atoms with Gasteiger partial charge in [-0.1, -0.05) is 5.10 Å². The van der Waals surface area contributed by atoms with Gasteiger partial charge in [0.1, 0.15) is 0 Å². The molecule has 0 aliphatic rings. The summed E-state index contributed by atoms with van der Waals surface area (Å²) >= 11 is 0. The number of nitro groups is 1. The van der Waals surface area contributed by atoms with Crippen LogP contribution in [0.3, 0.4) is 0 Å². The molecule has 0 aromatic carbocycles. The molecule has 1 aromatic heterocycles. The molecule has 0 spiro atoms. The molecule has 0 bridgehead atoms. The van der Waals surface area contributed by atoms with Crippen molar-refractivity contribution >= 4 is 16.0 Å². The van der Waals surface area contributed by atoms with Crippen LogP contribution in [0.15, 0.2) is 6.07 Å².